The summed E-state index contributed by atoms with van der Waals surface area (Å²) in [5.41, 5.74) is 21.8. The largest absolute Gasteiger partial charge is 0.494 e. The summed E-state index contributed by atoms with van der Waals surface area (Å²) in [6, 6.07) is 36.1. The molecule has 1 aliphatic rings. The zero-order valence-corrected chi connectivity index (χ0v) is 35.7. The van der Waals surface area contributed by atoms with E-state index in [9.17, 15) is 0 Å². The standard InChI is InChI=1S/C20H24BN3O2.C20H18N4.C6H6BrN/c1-13-7-10-18(23-14(13)2)24-17-11-16(9-8-15(17)12-22-24)21-25-19(3,4)20(5,6)26-21;1-13-6-9-20(23-14(13)2)24-19-11-16(7-8-17(19)12-22-24)15-4-3-5-18(21)10-15;7-5-2-1-3-6(8)4-5/h7-12H,1-6H3;3-12H,21H2,1-2H3;1-4H,8H2. The number of pyridine rings is 2. The van der Waals surface area contributed by atoms with Crippen LogP contribution in [0.4, 0.5) is 11.4 Å². The van der Waals surface area contributed by atoms with Crippen molar-refractivity contribution in [3.63, 3.8) is 0 Å². The second kappa shape index (κ2) is 16.2. The van der Waals surface area contributed by atoms with Crippen LogP contribution in [0, 0.1) is 27.7 Å². The van der Waals surface area contributed by atoms with Crippen LogP contribution in [0.2, 0.25) is 0 Å². The zero-order valence-electron chi connectivity index (χ0n) is 34.2. The lowest BCUT2D eigenvalue weighted by molar-refractivity contribution is 0.00578. The van der Waals surface area contributed by atoms with E-state index in [0.717, 1.165) is 77.3 Å². The van der Waals surface area contributed by atoms with Gasteiger partial charge in [0, 0.05) is 38.0 Å². The van der Waals surface area contributed by atoms with Gasteiger partial charge < -0.3 is 20.8 Å². The molecular weight excluding hydrogens is 787 g/mol. The monoisotopic (exact) mass is 834 g/mol. The number of nitrogens with two attached hydrogens (primary N) is 2. The topological polar surface area (TPSA) is 132 Å². The number of rotatable bonds is 4. The van der Waals surface area contributed by atoms with Gasteiger partial charge in [-0.2, -0.15) is 10.2 Å². The molecule has 1 aliphatic heterocycles. The Bertz CT molecular complexity index is 2730. The number of aryl methyl sites for hydroxylation is 4. The number of nitrogens with zero attached hydrogens (tertiary/aromatic N) is 6. The van der Waals surface area contributed by atoms with Crippen LogP contribution in [0.5, 0.6) is 0 Å². The maximum atomic E-state index is 6.19. The van der Waals surface area contributed by atoms with Crippen LogP contribution in [-0.4, -0.2) is 47.8 Å². The molecule has 0 atom stereocenters. The molecule has 0 spiro atoms. The number of hydrogen-bond donors (Lipinski definition) is 2. The van der Waals surface area contributed by atoms with E-state index in [4.69, 9.17) is 20.8 Å². The lowest BCUT2D eigenvalue weighted by atomic mass is 9.79. The van der Waals surface area contributed by atoms with Gasteiger partial charge in [0.05, 0.1) is 34.6 Å². The number of aromatic nitrogens is 6. The van der Waals surface area contributed by atoms with Crippen molar-refractivity contribution in [2.75, 3.05) is 11.5 Å². The Kier molecular flexibility index (Phi) is 11.3. The second-order valence-corrected chi connectivity index (χ2v) is 16.5. The summed E-state index contributed by atoms with van der Waals surface area (Å²) in [4.78, 5) is 9.34. The molecule has 0 bridgehead atoms. The second-order valence-electron chi connectivity index (χ2n) is 15.6. The van der Waals surface area contributed by atoms with Crippen molar-refractivity contribution in [3.05, 3.63) is 149 Å². The lowest BCUT2D eigenvalue weighted by Gasteiger charge is -2.32. The van der Waals surface area contributed by atoms with Crippen molar-refractivity contribution >= 4 is 61.7 Å². The molecule has 0 saturated carbocycles. The van der Waals surface area contributed by atoms with E-state index in [0.29, 0.717) is 0 Å². The number of anilines is 2. The van der Waals surface area contributed by atoms with Crippen LogP contribution < -0.4 is 16.9 Å². The Hall–Kier alpha value is -5.82. The summed E-state index contributed by atoms with van der Waals surface area (Å²) >= 11 is 3.28. The molecule has 9 rings (SSSR count). The van der Waals surface area contributed by atoms with Gasteiger partial charge in [0.2, 0.25) is 0 Å². The van der Waals surface area contributed by atoms with Crippen molar-refractivity contribution in [2.45, 2.75) is 66.6 Å². The van der Waals surface area contributed by atoms with E-state index in [1.807, 2.05) is 96.3 Å². The Labute approximate surface area is 348 Å². The molecule has 4 N–H and O–H groups in total. The fourth-order valence-electron chi connectivity index (χ4n) is 6.42. The minimum Gasteiger partial charge on any atom is -0.399 e. The molecule has 1 saturated heterocycles. The van der Waals surface area contributed by atoms with E-state index in [2.05, 4.69) is 126 Å². The van der Waals surface area contributed by atoms with Crippen LogP contribution in [0.3, 0.4) is 0 Å². The van der Waals surface area contributed by atoms with Gasteiger partial charge in [0.15, 0.2) is 11.6 Å². The van der Waals surface area contributed by atoms with Gasteiger partial charge >= 0.3 is 7.12 Å². The van der Waals surface area contributed by atoms with Gasteiger partial charge in [-0.1, -0.05) is 70.5 Å². The fraction of sp³-hybridized carbons (Fsp3) is 0.217. The smallest absolute Gasteiger partial charge is 0.399 e. The Morgan fingerprint density at radius 2 is 1.07 bits per heavy atom. The van der Waals surface area contributed by atoms with Gasteiger partial charge in [0.1, 0.15) is 0 Å². The van der Waals surface area contributed by atoms with E-state index < -0.39 is 0 Å². The van der Waals surface area contributed by atoms with Crippen LogP contribution in [0.25, 0.3) is 44.6 Å². The van der Waals surface area contributed by atoms with Crippen molar-refractivity contribution in [2.24, 2.45) is 0 Å². The SMILES string of the molecule is Cc1ccc(-n2ncc3ccc(-c4cccc(N)c4)cc32)nc1C.Cc1ccc(-n2ncc3ccc(B4OC(C)(C)C(C)(C)O4)cc32)nc1C.Nc1cccc(Br)c1. The molecule has 0 amide bonds. The lowest BCUT2D eigenvalue weighted by Crippen LogP contribution is -2.41. The van der Waals surface area contributed by atoms with Gasteiger partial charge in [-0.15, -0.1) is 0 Å². The average molecular weight is 836 g/mol. The first-order valence-corrected chi connectivity index (χ1v) is 20.0. The van der Waals surface area contributed by atoms with E-state index in [1.165, 1.54) is 11.1 Å². The number of hydrogen-bond acceptors (Lipinski definition) is 8. The molecule has 12 heteroatoms. The minimum atomic E-state index is -0.388. The quantitative estimate of drug-likeness (QED) is 0.132. The fourth-order valence-corrected chi connectivity index (χ4v) is 6.84. The third kappa shape index (κ3) is 8.55. The van der Waals surface area contributed by atoms with Crippen molar-refractivity contribution in [1.29, 1.82) is 0 Å². The van der Waals surface area contributed by atoms with Gasteiger partial charge in [-0.3, -0.25) is 0 Å². The first-order chi connectivity index (χ1) is 27.6. The number of benzene rings is 4. The summed E-state index contributed by atoms with van der Waals surface area (Å²) < 4.78 is 17.2. The maximum Gasteiger partial charge on any atom is 0.494 e. The zero-order chi connectivity index (χ0) is 41.4. The molecule has 5 heterocycles. The van der Waals surface area contributed by atoms with Crippen molar-refractivity contribution in [3.8, 4) is 22.8 Å². The number of fused-ring (bicyclic) bond motifs is 2. The number of halogens is 1. The predicted octanol–water partition coefficient (Wildman–Crippen LogP) is 9.65. The van der Waals surface area contributed by atoms with Crippen LogP contribution in [0.1, 0.15) is 50.2 Å². The molecule has 4 aromatic carbocycles. The van der Waals surface area contributed by atoms with Gasteiger partial charge in [0.25, 0.3) is 0 Å². The Morgan fingerprint density at radius 3 is 1.57 bits per heavy atom. The van der Waals surface area contributed by atoms with E-state index in [-0.39, 0.29) is 18.3 Å². The summed E-state index contributed by atoms with van der Waals surface area (Å²) in [7, 11) is -0.388. The number of nitrogen functional groups attached to an aromatic ring is 2. The average Bonchev–Trinajstić information content (AvgIpc) is 3.87. The molecule has 0 radical (unpaired) electrons. The first-order valence-electron chi connectivity index (χ1n) is 19.2. The molecule has 0 unspecified atom stereocenters. The highest BCUT2D eigenvalue weighted by atomic mass is 79.9. The summed E-state index contributed by atoms with van der Waals surface area (Å²) in [6.45, 7) is 16.4. The molecule has 58 heavy (non-hydrogen) atoms. The normalized spacial score (nSPS) is 14.2. The molecule has 0 aliphatic carbocycles. The highest BCUT2D eigenvalue weighted by Gasteiger charge is 2.51. The summed E-state index contributed by atoms with van der Waals surface area (Å²) in [5.74, 6) is 1.65. The van der Waals surface area contributed by atoms with Gasteiger partial charge in [-0.05, 0) is 138 Å². The van der Waals surface area contributed by atoms with Crippen molar-refractivity contribution in [1.82, 2.24) is 29.5 Å². The third-order valence-corrected chi connectivity index (χ3v) is 11.4. The van der Waals surface area contributed by atoms with Gasteiger partial charge in [-0.25, -0.2) is 19.3 Å². The highest BCUT2D eigenvalue weighted by molar-refractivity contribution is 9.10. The first kappa shape index (κ1) is 40.4. The van der Waals surface area contributed by atoms with Crippen LogP contribution >= 0.6 is 15.9 Å². The molecule has 4 aromatic heterocycles. The van der Waals surface area contributed by atoms with Crippen LogP contribution in [0.15, 0.2) is 126 Å². The third-order valence-electron chi connectivity index (χ3n) is 10.9. The Balaban J connectivity index is 0.000000149. The highest BCUT2D eigenvalue weighted by Crippen LogP contribution is 2.37. The molecule has 10 nitrogen and oxygen atoms in total. The molecular formula is C46H48BBrN8O2. The van der Waals surface area contributed by atoms with E-state index >= 15 is 0 Å². The minimum absolute atomic E-state index is 0.359. The maximum absolute atomic E-state index is 6.19. The van der Waals surface area contributed by atoms with Crippen LogP contribution in [-0.2, 0) is 9.31 Å². The molecule has 8 aromatic rings. The molecule has 294 valence electrons. The summed E-state index contributed by atoms with van der Waals surface area (Å²) in [6.07, 6.45) is 3.73. The van der Waals surface area contributed by atoms with Crippen molar-refractivity contribution < 1.29 is 9.31 Å². The van der Waals surface area contributed by atoms with E-state index in [1.54, 1.807) is 0 Å². The molecule has 1 fully saturated rings. The Morgan fingerprint density at radius 1 is 0.569 bits per heavy atom. The predicted molar refractivity (Wildman–Crippen MR) is 241 cm³/mol. The summed E-state index contributed by atoms with van der Waals surface area (Å²) in [5, 5.41) is 11.2.